The number of phenols is 1. The van der Waals surface area contributed by atoms with Crippen LogP contribution in [0.2, 0.25) is 0 Å². The Kier molecular flexibility index (Phi) is 12.8. The van der Waals surface area contributed by atoms with E-state index in [0.717, 1.165) is 10.5 Å². The van der Waals surface area contributed by atoms with Gasteiger partial charge in [0.25, 0.3) is 5.91 Å². The summed E-state index contributed by atoms with van der Waals surface area (Å²) in [5, 5.41) is 8.63. The first kappa shape index (κ1) is 35.5. The molecule has 10 nitrogen and oxygen atoms in total. The minimum absolute atomic E-state index is 0.0986. The van der Waals surface area contributed by atoms with Crippen LogP contribution in [0, 0.1) is 11.6 Å². The van der Waals surface area contributed by atoms with Crippen LogP contribution in [0.25, 0.3) is 22.6 Å². The first-order chi connectivity index (χ1) is 20.7. The molecule has 0 radical (unpaired) electrons. The third-order valence-corrected chi connectivity index (χ3v) is 5.96. The lowest BCUT2D eigenvalue weighted by Gasteiger charge is -2.10. The van der Waals surface area contributed by atoms with Gasteiger partial charge in [-0.2, -0.15) is 0 Å². The molecule has 44 heavy (non-hydrogen) atoms. The number of methoxy groups -OCH3 is 2. The highest BCUT2D eigenvalue weighted by atomic mass is 79.9. The smallest absolute Gasteiger partial charge is 0.339 e. The summed E-state index contributed by atoms with van der Waals surface area (Å²) in [6.45, 7) is 0. The fourth-order valence-electron chi connectivity index (χ4n) is 3.34. The van der Waals surface area contributed by atoms with Crippen molar-refractivity contribution >= 4 is 93.5 Å². The molecule has 0 aliphatic carbocycles. The molecular formula is C26H18Br2Cl3F2N4O6P. The highest BCUT2D eigenvalue weighted by molar-refractivity contribution is 9.10. The van der Waals surface area contributed by atoms with Gasteiger partial charge in [0.15, 0.2) is 17.2 Å². The van der Waals surface area contributed by atoms with Crippen LogP contribution in [0.4, 0.5) is 14.5 Å². The second-order valence-corrected chi connectivity index (χ2v) is 16.5. The number of hydrogen-bond donors (Lipinski definition) is 2. The third-order valence-electron chi connectivity index (χ3n) is 5.10. The monoisotopic (exact) mass is 814 g/mol. The minimum atomic E-state index is -3.22. The maximum absolute atomic E-state index is 13.6. The second kappa shape index (κ2) is 15.8. The van der Waals surface area contributed by atoms with Crippen molar-refractivity contribution in [1.82, 2.24) is 15.0 Å². The zero-order chi connectivity index (χ0) is 32.6. The molecule has 0 saturated heterocycles. The largest absolute Gasteiger partial charge is 0.506 e. The number of benzene rings is 2. The fraction of sp³-hybridized carbons (Fsp3) is 0.0769. The number of aromatic nitrogens is 3. The Balaban J connectivity index is 0.000000209. The summed E-state index contributed by atoms with van der Waals surface area (Å²) in [7, 11) is 2.87. The van der Waals surface area contributed by atoms with E-state index in [4.69, 9.17) is 13.9 Å². The van der Waals surface area contributed by atoms with Crippen molar-refractivity contribution in [2.75, 3.05) is 19.5 Å². The van der Waals surface area contributed by atoms with Crippen molar-refractivity contribution in [2.45, 2.75) is 0 Å². The number of hydrogen-bond acceptors (Lipinski definition) is 9. The van der Waals surface area contributed by atoms with Gasteiger partial charge in [0.05, 0.1) is 14.2 Å². The summed E-state index contributed by atoms with van der Waals surface area (Å²) >= 11 is 20.4. The molecule has 0 aliphatic rings. The van der Waals surface area contributed by atoms with Crippen molar-refractivity contribution in [3.8, 4) is 29.0 Å². The van der Waals surface area contributed by atoms with Crippen molar-refractivity contribution < 1.29 is 37.1 Å². The summed E-state index contributed by atoms with van der Waals surface area (Å²) in [4.78, 5) is 24.3. The normalized spacial score (nSPS) is 10.7. The van der Waals surface area contributed by atoms with E-state index in [9.17, 15) is 23.2 Å². The quantitative estimate of drug-likeness (QED) is 0.131. The zero-order valence-corrected chi connectivity index (χ0v) is 28.5. The van der Waals surface area contributed by atoms with E-state index in [-0.39, 0.29) is 34.3 Å². The summed E-state index contributed by atoms with van der Waals surface area (Å²) < 4.78 is 53.7. The van der Waals surface area contributed by atoms with E-state index in [1.165, 1.54) is 44.7 Å². The van der Waals surface area contributed by atoms with Crippen LogP contribution in [-0.4, -0.2) is 40.2 Å². The zero-order valence-electron chi connectivity index (χ0n) is 22.2. The van der Waals surface area contributed by atoms with E-state index in [1.807, 2.05) is 0 Å². The first-order valence-corrected chi connectivity index (χ1v) is 17.6. The van der Waals surface area contributed by atoms with Crippen molar-refractivity contribution in [1.29, 1.82) is 0 Å². The molecule has 0 unspecified atom stereocenters. The van der Waals surface area contributed by atoms with Crippen LogP contribution in [-0.2, 0) is 4.57 Å². The Morgan fingerprint density at radius 3 is 2.11 bits per heavy atom. The van der Waals surface area contributed by atoms with Crippen molar-refractivity contribution in [3.05, 3.63) is 87.1 Å². The number of aromatic hydroxyl groups is 1. The average Bonchev–Trinajstić information content (AvgIpc) is 3.40. The second-order valence-electron chi connectivity index (χ2n) is 8.01. The Labute approximate surface area is 279 Å². The number of fused-ring (bicyclic) bond motifs is 1. The Morgan fingerprint density at radius 2 is 1.52 bits per heavy atom. The molecule has 2 N–H and O–H groups in total. The average molecular weight is 818 g/mol. The van der Waals surface area contributed by atoms with Gasteiger partial charge < -0.3 is 24.3 Å². The topological polar surface area (TPSA) is 137 Å². The van der Waals surface area contributed by atoms with Gasteiger partial charge >= 0.3 is 5.20 Å². The number of amides is 1. The standard InChI is InChI=1S/C13H10BrFN2O3.C13H8BrFN2O2.Cl3OP/c1-20-13-8(5-7(14)6-16-13)12(19)17-11-9(15)3-2-4-10(11)18;1-18-12-8(5-7(14)6-16-12)13-17-11-9(15)3-2-4-10(11)19-13;1-5(2,3)4/h2-6,18H,1H3,(H,17,19);2-6H,1H3;. The maximum atomic E-state index is 13.6. The number of halogens is 7. The van der Waals surface area contributed by atoms with Crippen LogP contribution in [0.3, 0.4) is 0 Å². The number of anilines is 1. The van der Waals surface area contributed by atoms with E-state index in [2.05, 4.69) is 85.9 Å². The van der Waals surface area contributed by atoms with Crippen LogP contribution < -0.4 is 14.8 Å². The number of carbonyl (C=O) groups is 1. The molecule has 0 aliphatic heterocycles. The fourth-order valence-corrected chi connectivity index (χ4v) is 4.00. The van der Waals surface area contributed by atoms with Crippen molar-refractivity contribution in [3.63, 3.8) is 0 Å². The Hall–Kier alpha value is -3.00. The molecule has 5 aromatic rings. The van der Waals surface area contributed by atoms with Gasteiger partial charge in [-0.3, -0.25) is 9.36 Å². The summed E-state index contributed by atoms with van der Waals surface area (Å²) in [6.07, 6.45) is 3.07. The number of pyridine rings is 2. The van der Waals surface area contributed by atoms with Gasteiger partial charge in [-0.05, 0) is 102 Å². The van der Waals surface area contributed by atoms with E-state index >= 15 is 0 Å². The predicted molar refractivity (Wildman–Crippen MR) is 171 cm³/mol. The minimum Gasteiger partial charge on any atom is -0.506 e. The third kappa shape index (κ3) is 10.0. The summed E-state index contributed by atoms with van der Waals surface area (Å²) in [5.74, 6) is -1.42. The molecular weight excluding hydrogens is 799 g/mol. The number of oxazole rings is 1. The van der Waals surface area contributed by atoms with Gasteiger partial charge in [-0.15, -0.1) is 0 Å². The highest BCUT2D eigenvalue weighted by Crippen LogP contribution is 2.61. The molecule has 3 heterocycles. The predicted octanol–water partition coefficient (Wildman–Crippen LogP) is 9.56. The lowest BCUT2D eigenvalue weighted by atomic mass is 10.2. The molecule has 0 spiro atoms. The van der Waals surface area contributed by atoms with E-state index in [1.54, 1.807) is 24.4 Å². The molecule has 18 heteroatoms. The molecule has 0 saturated carbocycles. The number of ether oxygens (including phenoxy) is 2. The maximum Gasteiger partial charge on any atom is 0.339 e. The molecule has 3 aromatic heterocycles. The van der Waals surface area contributed by atoms with Gasteiger partial charge in [-0.25, -0.2) is 23.7 Å². The SMILES string of the molecule is COc1ncc(Br)cc1-c1nc2c(F)cccc2o1.COc1ncc(Br)cc1C(=O)Nc1c(O)cccc1F.O=P(Cl)(Cl)Cl. The van der Waals surface area contributed by atoms with Gasteiger partial charge in [0, 0.05) is 21.3 Å². The lowest BCUT2D eigenvalue weighted by molar-refractivity contribution is 0.102. The van der Waals surface area contributed by atoms with Crippen LogP contribution in [0.5, 0.6) is 17.5 Å². The molecule has 0 fully saturated rings. The van der Waals surface area contributed by atoms with Crippen LogP contribution >= 0.6 is 70.8 Å². The Morgan fingerprint density at radius 1 is 0.955 bits per heavy atom. The number of phenolic OH excluding ortho intramolecular Hbond substituents is 1. The molecule has 5 rings (SSSR count). The highest BCUT2D eigenvalue weighted by Gasteiger charge is 2.18. The van der Waals surface area contributed by atoms with Crippen LogP contribution in [0.15, 0.2) is 74.3 Å². The number of carbonyl (C=O) groups excluding carboxylic acids is 1. The lowest BCUT2D eigenvalue weighted by Crippen LogP contribution is -2.15. The number of nitrogens with one attached hydrogen (secondary N) is 1. The van der Waals surface area contributed by atoms with Crippen LogP contribution in [0.1, 0.15) is 10.4 Å². The van der Waals surface area contributed by atoms with E-state index < -0.39 is 22.7 Å². The molecule has 232 valence electrons. The molecule has 2 aromatic carbocycles. The van der Waals surface area contributed by atoms with Gasteiger partial charge in [-0.1, -0.05) is 12.1 Å². The number of rotatable bonds is 5. The van der Waals surface area contributed by atoms with Gasteiger partial charge in [0.1, 0.15) is 28.1 Å². The number of para-hydroxylation sites is 2. The number of nitrogens with zero attached hydrogens (tertiary/aromatic N) is 3. The molecule has 1 amide bonds. The molecule has 0 bridgehead atoms. The first-order valence-electron chi connectivity index (χ1n) is 11.6. The van der Waals surface area contributed by atoms with E-state index in [0.29, 0.717) is 21.5 Å². The van der Waals surface area contributed by atoms with Gasteiger partial charge in [0.2, 0.25) is 17.7 Å². The summed E-state index contributed by atoms with van der Waals surface area (Å²) in [6, 6.07) is 11.6. The summed E-state index contributed by atoms with van der Waals surface area (Å²) in [5.41, 5.74) is 0.966. The van der Waals surface area contributed by atoms with Crippen molar-refractivity contribution in [2.24, 2.45) is 0 Å². The Bertz CT molecular complexity index is 1820. The molecule has 0 atom stereocenters.